The van der Waals surface area contributed by atoms with Gasteiger partial charge in [0.2, 0.25) is 0 Å². The van der Waals surface area contributed by atoms with E-state index in [1.807, 2.05) is 48.5 Å². The Bertz CT molecular complexity index is 712. The van der Waals surface area contributed by atoms with Crippen LogP contribution in [0.3, 0.4) is 0 Å². The molecule has 0 aliphatic rings. The molecule has 2 heteroatoms. The number of ether oxygens (including phenoxy) is 1. The topological polar surface area (TPSA) is 26.3 Å². The fourth-order valence-electron chi connectivity index (χ4n) is 1.94. The molecule has 0 atom stereocenters. The van der Waals surface area contributed by atoms with Crippen molar-refractivity contribution in [1.82, 2.24) is 0 Å². The van der Waals surface area contributed by atoms with E-state index in [1.54, 1.807) is 18.2 Å². The van der Waals surface area contributed by atoms with Crippen LogP contribution < -0.4 is 4.74 Å². The van der Waals surface area contributed by atoms with Gasteiger partial charge in [-0.05, 0) is 29.7 Å². The zero-order chi connectivity index (χ0) is 13.1. The number of rotatable bonds is 2. The molecule has 0 aromatic heterocycles. The van der Waals surface area contributed by atoms with Gasteiger partial charge in [-0.1, -0.05) is 48.5 Å². The van der Waals surface area contributed by atoms with Gasteiger partial charge >= 0.3 is 5.97 Å². The minimum Gasteiger partial charge on any atom is -0.422 e. The van der Waals surface area contributed by atoms with Gasteiger partial charge in [-0.25, -0.2) is 4.79 Å². The molecule has 0 saturated heterocycles. The lowest BCUT2D eigenvalue weighted by atomic mass is 10.1. The molecule has 3 rings (SSSR count). The predicted octanol–water partition coefficient (Wildman–Crippen LogP) is 3.86. The number of carbonyl (C=O) groups excluding carboxylic acids is 1. The lowest BCUT2D eigenvalue weighted by Gasteiger charge is -2.07. The van der Waals surface area contributed by atoms with E-state index in [9.17, 15) is 4.79 Å². The third-order valence-electron chi connectivity index (χ3n) is 2.87. The predicted molar refractivity (Wildman–Crippen MR) is 74.2 cm³/mol. The van der Waals surface area contributed by atoms with E-state index in [1.165, 1.54) is 0 Å². The van der Waals surface area contributed by atoms with Crippen molar-refractivity contribution in [3.05, 3.63) is 78.4 Å². The van der Waals surface area contributed by atoms with Crippen LogP contribution in [-0.4, -0.2) is 5.97 Å². The molecule has 0 saturated carbocycles. The molecule has 0 amide bonds. The molecule has 0 aliphatic carbocycles. The monoisotopic (exact) mass is 247 g/mol. The molecule has 3 aromatic rings. The summed E-state index contributed by atoms with van der Waals surface area (Å²) in [6.45, 7) is 0. The molecule has 0 fully saturated rings. The molecule has 0 heterocycles. The molecule has 2 nitrogen and oxygen atoms in total. The Labute approximate surface area is 111 Å². The van der Waals surface area contributed by atoms with Gasteiger partial charge in [-0.3, -0.25) is 0 Å². The second-order valence-electron chi connectivity index (χ2n) is 4.15. The molecule has 1 radical (unpaired) electrons. The van der Waals surface area contributed by atoms with Gasteiger partial charge in [0.25, 0.3) is 0 Å². The van der Waals surface area contributed by atoms with Gasteiger partial charge in [-0.15, -0.1) is 0 Å². The van der Waals surface area contributed by atoms with E-state index >= 15 is 0 Å². The molecule has 91 valence electrons. The summed E-state index contributed by atoms with van der Waals surface area (Å²) in [6, 6.07) is 23.3. The van der Waals surface area contributed by atoms with Crippen LogP contribution in [0.25, 0.3) is 10.8 Å². The van der Waals surface area contributed by atoms with Crippen molar-refractivity contribution in [3.8, 4) is 5.75 Å². The summed E-state index contributed by atoms with van der Waals surface area (Å²) >= 11 is 0. The van der Waals surface area contributed by atoms with Gasteiger partial charge in [0.15, 0.2) is 0 Å². The second-order valence-corrected chi connectivity index (χ2v) is 4.15. The second kappa shape index (κ2) is 4.94. The fourth-order valence-corrected chi connectivity index (χ4v) is 1.94. The number of carbonyl (C=O) groups is 1. The summed E-state index contributed by atoms with van der Waals surface area (Å²) in [5, 5.41) is 1.81. The Morgan fingerprint density at radius 2 is 1.68 bits per heavy atom. The number of hydrogen-bond donors (Lipinski definition) is 0. The third-order valence-corrected chi connectivity index (χ3v) is 2.87. The summed E-state index contributed by atoms with van der Waals surface area (Å²) in [6.07, 6.45) is 0. The lowest BCUT2D eigenvalue weighted by molar-refractivity contribution is 0.0737. The van der Waals surface area contributed by atoms with E-state index in [2.05, 4.69) is 6.07 Å². The zero-order valence-electron chi connectivity index (χ0n) is 10.2. The highest BCUT2D eigenvalue weighted by Crippen LogP contribution is 2.25. The fraction of sp³-hybridized carbons (Fsp3) is 0. The highest BCUT2D eigenvalue weighted by Gasteiger charge is 2.09. The standard InChI is InChI=1S/C17H11O2/c18-17(14-8-2-1-3-9-14)19-16-12-6-10-13-7-4-5-11-15(13)16/h1-10,12H. The minimum absolute atomic E-state index is 0.356. The van der Waals surface area contributed by atoms with Crippen LogP contribution in [0.2, 0.25) is 0 Å². The van der Waals surface area contributed by atoms with Crippen molar-refractivity contribution in [3.63, 3.8) is 0 Å². The zero-order valence-corrected chi connectivity index (χ0v) is 10.2. The van der Waals surface area contributed by atoms with E-state index in [0.717, 1.165) is 10.8 Å². The summed E-state index contributed by atoms with van der Waals surface area (Å²) in [7, 11) is 0. The highest BCUT2D eigenvalue weighted by atomic mass is 16.5. The Kier molecular flexibility index (Phi) is 2.99. The third kappa shape index (κ3) is 2.33. The highest BCUT2D eigenvalue weighted by molar-refractivity contribution is 5.95. The average molecular weight is 247 g/mol. The Balaban J connectivity index is 1.96. The van der Waals surface area contributed by atoms with E-state index < -0.39 is 0 Å². The molecular weight excluding hydrogens is 236 g/mol. The largest absolute Gasteiger partial charge is 0.422 e. The molecule has 0 bridgehead atoms. The van der Waals surface area contributed by atoms with Crippen molar-refractivity contribution >= 4 is 16.7 Å². The molecule has 0 spiro atoms. The molecule has 0 aliphatic heterocycles. The van der Waals surface area contributed by atoms with Gasteiger partial charge in [0.05, 0.1) is 5.56 Å². The first kappa shape index (κ1) is 11.5. The first-order chi connectivity index (χ1) is 9.34. The molecule has 0 unspecified atom stereocenters. The number of fused-ring (bicyclic) bond motifs is 1. The number of hydrogen-bond acceptors (Lipinski definition) is 2. The van der Waals surface area contributed by atoms with E-state index in [-0.39, 0.29) is 5.97 Å². The summed E-state index contributed by atoms with van der Waals surface area (Å²) < 4.78 is 5.44. The Hall–Kier alpha value is -2.61. The Morgan fingerprint density at radius 3 is 2.53 bits per heavy atom. The van der Waals surface area contributed by atoms with Crippen LogP contribution in [0.15, 0.2) is 66.7 Å². The van der Waals surface area contributed by atoms with Gasteiger partial charge in [-0.2, -0.15) is 0 Å². The molecule has 0 N–H and O–H groups in total. The summed E-state index contributed by atoms with van der Waals surface area (Å²) in [5.74, 6) is 0.178. The van der Waals surface area contributed by atoms with E-state index in [0.29, 0.717) is 11.3 Å². The van der Waals surface area contributed by atoms with E-state index in [4.69, 9.17) is 4.74 Å². The summed E-state index contributed by atoms with van der Waals surface area (Å²) in [5.41, 5.74) is 0.537. The minimum atomic E-state index is -0.356. The van der Waals surface area contributed by atoms with Crippen LogP contribution in [-0.2, 0) is 0 Å². The SMILES string of the molecule is O=C(Oc1cccc2ccc[c]c12)c1ccccc1. The molecule has 3 aromatic carbocycles. The Morgan fingerprint density at radius 1 is 0.895 bits per heavy atom. The van der Waals surface area contributed by atoms with Crippen molar-refractivity contribution in [2.45, 2.75) is 0 Å². The van der Waals surface area contributed by atoms with Crippen molar-refractivity contribution in [2.24, 2.45) is 0 Å². The average Bonchev–Trinajstić information content (AvgIpc) is 2.48. The first-order valence-electron chi connectivity index (χ1n) is 6.01. The van der Waals surface area contributed by atoms with Crippen LogP contribution in [0, 0.1) is 6.07 Å². The van der Waals surface area contributed by atoms with Crippen LogP contribution in [0.1, 0.15) is 10.4 Å². The van der Waals surface area contributed by atoms with Gasteiger partial charge in [0, 0.05) is 5.39 Å². The quantitative estimate of drug-likeness (QED) is 0.507. The maximum atomic E-state index is 12.0. The van der Waals surface area contributed by atoms with Crippen molar-refractivity contribution in [2.75, 3.05) is 0 Å². The first-order valence-corrected chi connectivity index (χ1v) is 6.01. The number of esters is 1. The lowest BCUT2D eigenvalue weighted by Crippen LogP contribution is -2.08. The smallest absolute Gasteiger partial charge is 0.343 e. The number of benzene rings is 3. The maximum absolute atomic E-state index is 12.0. The van der Waals surface area contributed by atoms with Crippen LogP contribution in [0.5, 0.6) is 5.75 Å². The van der Waals surface area contributed by atoms with Crippen molar-refractivity contribution < 1.29 is 9.53 Å². The summed E-state index contributed by atoms with van der Waals surface area (Å²) in [4.78, 5) is 12.0. The maximum Gasteiger partial charge on any atom is 0.343 e. The van der Waals surface area contributed by atoms with Crippen LogP contribution in [0.4, 0.5) is 0 Å². The molecule has 19 heavy (non-hydrogen) atoms. The van der Waals surface area contributed by atoms with Gasteiger partial charge < -0.3 is 4.74 Å². The molecular formula is C17H11O2. The van der Waals surface area contributed by atoms with Crippen LogP contribution >= 0.6 is 0 Å². The van der Waals surface area contributed by atoms with Gasteiger partial charge in [0.1, 0.15) is 5.75 Å². The van der Waals surface area contributed by atoms with Crippen molar-refractivity contribution in [1.29, 1.82) is 0 Å². The normalized spacial score (nSPS) is 10.3.